The average molecular weight is 264 g/mol. The number of alkyl halides is 1. The van der Waals surface area contributed by atoms with E-state index < -0.39 is 0 Å². The quantitative estimate of drug-likeness (QED) is 0.438. The van der Waals surface area contributed by atoms with Gasteiger partial charge >= 0.3 is 0 Å². The van der Waals surface area contributed by atoms with Crippen molar-refractivity contribution >= 4 is 28.3 Å². The monoisotopic (exact) mass is 264 g/mol. The molecule has 0 saturated heterocycles. The number of nitrogens with zero attached hydrogens (tertiary/aromatic N) is 1. The number of aliphatic imine (C=N–C) groups is 1. The van der Waals surface area contributed by atoms with Gasteiger partial charge in [-0.3, -0.25) is 10.3 Å². The fourth-order valence-corrected chi connectivity index (χ4v) is 1.70. The predicted molar refractivity (Wildman–Crippen MR) is 57.3 cm³/mol. The number of hydrogen-bond acceptors (Lipinski definition) is 2. The summed E-state index contributed by atoms with van der Waals surface area (Å²) in [5, 5.41) is 3.29. The van der Waals surface area contributed by atoms with Crippen molar-refractivity contribution in [3.05, 3.63) is 12.2 Å². The molecule has 0 radical (unpaired) electrons. The van der Waals surface area contributed by atoms with E-state index >= 15 is 0 Å². The second-order valence-corrected chi connectivity index (χ2v) is 3.93. The van der Waals surface area contributed by atoms with Crippen molar-refractivity contribution in [3.63, 3.8) is 0 Å². The summed E-state index contributed by atoms with van der Waals surface area (Å²) in [6.07, 6.45) is 2.24. The number of allylic oxidation sites excluding steroid dienone is 1. The lowest BCUT2D eigenvalue weighted by molar-refractivity contribution is 0.682. The second-order valence-electron chi connectivity index (χ2n) is 2.75. The summed E-state index contributed by atoms with van der Waals surface area (Å²) in [6, 6.07) is 0. The van der Waals surface area contributed by atoms with Crippen LogP contribution in [0.2, 0.25) is 0 Å². The fourth-order valence-electron chi connectivity index (χ4n) is 1.05. The van der Waals surface area contributed by atoms with Crippen LogP contribution in [-0.2, 0) is 0 Å². The van der Waals surface area contributed by atoms with Crippen molar-refractivity contribution < 1.29 is 0 Å². The maximum atomic E-state index is 4.47. The number of halogens is 1. The van der Waals surface area contributed by atoms with Crippen molar-refractivity contribution in [2.24, 2.45) is 4.99 Å². The van der Waals surface area contributed by atoms with Gasteiger partial charge in [-0.15, -0.1) is 0 Å². The fraction of sp³-hybridized carbons (Fsp3) is 0.625. The van der Waals surface area contributed by atoms with E-state index in [9.17, 15) is 0 Å². The minimum Gasteiger partial charge on any atom is -0.287 e. The molecule has 0 amide bonds. The molecule has 0 fully saturated rings. The number of rotatable bonds is 1. The van der Waals surface area contributed by atoms with Crippen LogP contribution in [0.4, 0.5) is 0 Å². The maximum Gasteiger partial charge on any atom is 0.152 e. The summed E-state index contributed by atoms with van der Waals surface area (Å²) < 4.78 is 0.238. The minimum atomic E-state index is 0.238. The maximum absolute atomic E-state index is 4.47. The van der Waals surface area contributed by atoms with Gasteiger partial charge in [0.15, 0.2) is 4.17 Å². The molecule has 0 aromatic rings. The Morgan fingerprint density at radius 2 is 2.55 bits per heavy atom. The van der Waals surface area contributed by atoms with E-state index in [0.717, 1.165) is 18.5 Å². The predicted octanol–water partition coefficient (Wildman–Crippen LogP) is 2.11. The molecule has 1 aliphatic heterocycles. The van der Waals surface area contributed by atoms with Gasteiger partial charge in [-0.2, -0.15) is 0 Å². The van der Waals surface area contributed by atoms with Crippen LogP contribution in [-0.4, -0.2) is 16.4 Å². The first-order valence-corrected chi connectivity index (χ1v) is 5.04. The van der Waals surface area contributed by atoms with E-state index in [1.165, 1.54) is 12.1 Å². The zero-order chi connectivity index (χ0) is 8.27. The molecule has 0 saturated carbocycles. The smallest absolute Gasteiger partial charge is 0.152 e. The Labute approximate surface area is 81.3 Å². The topological polar surface area (TPSA) is 24.4 Å². The largest absolute Gasteiger partial charge is 0.287 e. The molecule has 1 unspecified atom stereocenters. The van der Waals surface area contributed by atoms with Gasteiger partial charge in [0.05, 0.1) is 0 Å². The molecule has 1 aliphatic rings. The molecule has 1 heterocycles. The van der Waals surface area contributed by atoms with Gasteiger partial charge in [-0.05, 0) is 54.5 Å². The van der Waals surface area contributed by atoms with Gasteiger partial charge < -0.3 is 0 Å². The van der Waals surface area contributed by atoms with E-state index in [1.807, 2.05) is 6.92 Å². The molecule has 62 valence electrons. The van der Waals surface area contributed by atoms with Crippen molar-refractivity contribution in [1.82, 2.24) is 5.32 Å². The van der Waals surface area contributed by atoms with Crippen molar-refractivity contribution in [2.75, 3.05) is 6.54 Å². The molecule has 2 nitrogen and oxygen atoms in total. The highest BCUT2D eigenvalue weighted by atomic mass is 127. The highest BCUT2D eigenvalue weighted by Crippen LogP contribution is 2.10. The third kappa shape index (κ3) is 2.91. The Morgan fingerprint density at radius 1 is 1.82 bits per heavy atom. The van der Waals surface area contributed by atoms with Crippen LogP contribution in [0.25, 0.3) is 0 Å². The van der Waals surface area contributed by atoms with E-state index in [0.29, 0.717) is 0 Å². The molecule has 0 bridgehead atoms. The third-order valence-electron chi connectivity index (χ3n) is 1.66. The summed E-state index contributed by atoms with van der Waals surface area (Å²) in [5.74, 6) is 0. The van der Waals surface area contributed by atoms with E-state index in [4.69, 9.17) is 0 Å². The molecule has 3 heteroatoms. The molecule has 1 rings (SSSR count). The second kappa shape index (κ2) is 4.21. The average Bonchev–Trinajstić information content (AvgIpc) is 2.13. The summed E-state index contributed by atoms with van der Waals surface area (Å²) in [7, 11) is 0. The Kier molecular flexibility index (Phi) is 3.51. The Hall–Kier alpha value is 0.1000. The lowest BCUT2D eigenvalue weighted by Gasteiger charge is -2.03. The van der Waals surface area contributed by atoms with Gasteiger partial charge in [0.1, 0.15) is 0 Å². The molecular formula is C8H13IN2. The summed E-state index contributed by atoms with van der Waals surface area (Å²) in [5.41, 5.74) is 2.28. The molecular weight excluding hydrogens is 251 g/mol. The van der Waals surface area contributed by atoms with Crippen LogP contribution in [0.3, 0.4) is 0 Å². The zero-order valence-electron chi connectivity index (χ0n) is 6.73. The normalized spacial score (nSPS) is 25.6. The van der Waals surface area contributed by atoms with Gasteiger partial charge in [0, 0.05) is 5.71 Å². The third-order valence-corrected chi connectivity index (χ3v) is 2.38. The van der Waals surface area contributed by atoms with Gasteiger partial charge in [-0.25, -0.2) is 0 Å². The van der Waals surface area contributed by atoms with Gasteiger partial charge in [0.2, 0.25) is 0 Å². The van der Waals surface area contributed by atoms with Gasteiger partial charge in [-0.1, -0.05) is 6.58 Å². The lowest BCUT2D eigenvalue weighted by atomic mass is 10.1. The van der Waals surface area contributed by atoms with Crippen LogP contribution in [0.1, 0.15) is 19.8 Å². The molecule has 0 aromatic heterocycles. The molecule has 1 atom stereocenters. The highest BCUT2D eigenvalue weighted by Gasteiger charge is 2.08. The van der Waals surface area contributed by atoms with Crippen LogP contribution in [0.5, 0.6) is 0 Å². The molecule has 11 heavy (non-hydrogen) atoms. The van der Waals surface area contributed by atoms with Crippen molar-refractivity contribution in [2.45, 2.75) is 23.9 Å². The lowest BCUT2D eigenvalue weighted by Crippen LogP contribution is -2.20. The number of hydrogen-bond donors (Lipinski definition) is 1. The minimum absolute atomic E-state index is 0.238. The van der Waals surface area contributed by atoms with Crippen LogP contribution in [0, 0.1) is 0 Å². The van der Waals surface area contributed by atoms with Crippen molar-refractivity contribution in [1.29, 1.82) is 0 Å². The highest BCUT2D eigenvalue weighted by molar-refractivity contribution is 14.1. The first kappa shape index (κ1) is 9.19. The molecule has 0 spiro atoms. The molecule has 0 aliphatic carbocycles. The van der Waals surface area contributed by atoms with Crippen molar-refractivity contribution in [3.8, 4) is 0 Å². The number of nitrogens with one attached hydrogen (secondary N) is 1. The SMILES string of the molecule is C=C(C)C1=NC(I)NCCC1. The first-order chi connectivity index (χ1) is 5.20. The summed E-state index contributed by atoms with van der Waals surface area (Å²) >= 11 is 2.29. The molecule has 0 aromatic carbocycles. The Bertz CT molecular complexity index is 187. The Balaban J connectivity index is 2.66. The van der Waals surface area contributed by atoms with E-state index in [-0.39, 0.29) is 4.17 Å². The van der Waals surface area contributed by atoms with E-state index in [1.54, 1.807) is 0 Å². The van der Waals surface area contributed by atoms with E-state index in [2.05, 4.69) is 39.5 Å². The summed E-state index contributed by atoms with van der Waals surface area (Å²) in [4.78, 5) is 4.47. The first-order valence-electron chi connectivity index (χ1n) is 3.80. The zero-order valence-corrected chi connectivity index (χ0v) is 8.89. The molecule has 1 N–H and O–H groups in total. The van der Waals surface area contributed by atoms with Crippen LogP contribution in [0.15, 0.2) is 17.1 Å². The van der Waals surface area contributed by atoms with Gasteiger partial charge in [0.25, 0.3) is 0 Å². The van der Waals surface area contributed by atoms with Crippen LogP contribution >= 0.6 is 22.6 Å². The Morgan fingerprint density at radius 3 is 3.18 bits per heavy atom. The van der Waals surface area contributed by atoms with Crippen LogP contribution < -0.4 is 5.32 Å². The summed E-state index contributed by atoms with van der Waals surface area (Å²) in [6.45, 7) is 6.98. The standard InChI is InChI=1S/C8H13IN2/c1-6(2)7-4-3-5-10-8(9)11-7/h8,10H,1,3-5H2,2H3.